The smallest absolute Gasteiger partial charge is 0.333 e. The quantitative estimate of drug-likeness (QED) is 0.626. The van der Waals surface area contributed by atoms with E-state index in [0.717, 1.165) is 0 Å². The molecule has 1 aromatic carbocycles. The van der Waals surface area contributed by atoms with Crippen LogP contribution in [0.1, 0.15) is 39.0 Å². The SMILES string of the molecule is CC=C(C)C(=O)OCc1cc(=O)c2c(O)c3c(cc2o1)O[C@H](C(C)(C)O)C3. The lowest BCUT2D eigenvalue weighted by Crippen LogP contribution is -2.39. The van der Waals surface area contributed by atoms with Crippen molar-refractivity contribution in [1.29, 1.82) is 0 Å². The lowest BCUT2D eigenvalue weighted by molar-refractivity contribution is -0.140. The van der Waals surface area contributed by atoms with E-state index < -0.39 is 23.1 Å². The van der Waals surface area contributed by atoms with E-state index in [-0.39, 0.29) is 35.5 Å². The van der Waals surface area contributed by atoms with E-state index in [1.54, 1.807) is 33.8 Å². The zero-order chi connectivity index (χ0) is 19.9. The molecular formula is C20H22O7. The summed E-state index contributed by atoms with van der Waals surface area (Å²) in [5.41, 5.74) is -0.524. The monoisotopic (exact) mass is 374 g/mol. The molecule has 27 heavy (non-hydrogen) atoms. The summed E-state index contributed by atoms with van der Waals surface area (Å²) in [6, 6.07) is 2.70. The third-order valence-electron chi connectivity index (χ3n) is 4.66. The van der Waals surface area contributed by atoms with Crippen molar-refractivity contribution >= 4 is 16.9 Å². The Hall–Kier alpha value is -2.80. The van der Waals surface area contributed by atoms with Crippen molar-refractivity contribution in [3.05, 3.63) is 45.3 Å². The van der Waals surface area contributed by atoms with E-state index in [1.807, 2.05) is 0 Å². The second-order valence-electron chi connectivity index (χ2n) is 7.16. The van der Waals surface area contributed by atoms with Crippen molar-refractivity contribution < 1.29 is 28.9 Å². The van der Waals surface area contributed by atoms with Crippen LogP contribution in [-0.2, 0) is 22.6 Å². The number of esters is 1. The minimum atomic E-state index is -1.11. The van der Waals surface area contributed by atoms with Crippen molar-refractivity contribution in [2.75, 3.05) is 0 Å². The maximum Gasteiger partial charge on any atom is 0.333 e. The van der Waals surface area contributed by atoms with Gasteiger partial charge in [-0.1, -0.05) is 6.08 Å². The molecule has 0 fully saturated rings. The van der Waals surface area contributed by atoms with Crippen molar-refractivity contribution in [3.8, 4) is 11.5 Å². The van der Waals surface area contributed by atoms with Crippen LogP contribution < -0.4 is 10.2 Å². The number of benzene rings is 1. The Balaban J connectivity index is 1.97. The molecule has 144 valence electrons. The molecular weight excluding hydrogens is 352 g/mol. The predicted octanol–water partition coefficient (Wildman–Crippen LogP) is 2.58. The lowest BCUT2D eigenvalue weighted by atomic mass is 9.96. The van der Waals surface area contributed by atoms with Crippen molar-refractivity contribution in [3.63, 3.8) is 0 Å². The van der Waals surface area contributed by atoms with Gasteiger partial charge in [-0.2, -0.15) is 0 Å². The van der Waals surface area contributed by atoms with Gasteiger partial charge in [0.15, 0.2) is 5.43 Å². The molecule has 0 amide bonds. The molecule has 0 aliphatic carbocycles. The highest BCUT2D eigenvalue weighted by atomic mass is 16.5. The molecule has 7 heteroatoms. The van der Waals surface area contributed by atoms with Gasteiger partial charge in [-0.15, -0.1) is 0 Å². The van der Waals surface area contributed by atoms with Crippen LogP contribution >= 0.6 is 0 Å². The third-order valence-corrected chi connectivity index (χ3v) is 4.66. The van der Waals surface area contributed by atoms with Gasteiger partial charge in [-0.25, -0.2) is 4.79 Å². The normalized spacial score (nSPS) is 16.9. The Bertz CT molecular complexity index is 992. The standard InChI is InChI=1S/C20H22O7/c1-5-10(2)19(23)25-9-11-6-13(21)17-15(26-11)8-14-12(18(17)22)7-16(27-14)20(3,4)24/h5-6,8,16,22,24H,7,9H2,1-4H3/t16-/m0/s1. The van der Waals surface area contributed by atoms with Crippen LogP contribution in [0.5, 0.6) is 11.5 Å². The molecule has 0 spiro atoms. The summed E-state index contributed by atoms with van der Waals surface area (Å²) in [6.07, 6.45) is 1.35. The summed E-state index contributed by atoms with van der Waals surface area (Å²) >= 11 is 0. The maximum atomic E-state index is 12.5. The van der Waals surface area contributed by atoms with Crippen LogP contribution in [0, 0.1) is 0 Å². The van der Waals surface area contributed by atoms with E-state index in [9.17, 15) is 19.8 Å². The summed E-state index contributed by atoms with van der Waals surface area (Å²) < 4.78 is 16.5. The second kappa shape index (κ2) is 6.74. The number of hydrogen-bond acceptors (Lipinski definition) is 7. The highest BCUT2D eigenvalue weighted by Crippen LogP contribution is 2.42. The Kier molecular flexibility index (Phi) is 4.73. The molecule has 2 heterocycles. The van der Waals surface area contributed by atoms with Crippen LogP contribution in [0.15, 0.2) is 33.0 Å². The van der Waals surface area contributed by atoms with Crippen molar-refractivity contribution in [1.82, 2.24) is 0 Å². The number of hydrogen-bond donors (Lipinski definition) is 2. The average molecular weight is 374 g/mol. The topological polar surface area (TPSA) is 106 Å². The first-order valence-electron chi connectivity index (χ1n) is 8.62. The third kappa shape index (κ3) is 3.55. The molecule has 0 saturated carbocycles. The Morgan fingerprint density at radius 3 is 2.74 bits per heavy atom. The van der Waals surface area contributed by atoms with E-state index in [1.165, 1.54) is 12.1 Å². The Morgan fingerprint density at radius 1 is 1.41 bits per heavy atom. The largest absolute Gasteiger partial charge is 0.507 e. The first kappa shape index (κ1) is 19.0. The van der Waals surface area contributed by atoms with Crippen LogP contribution in [0.25, 0.3) is 11.0 Å². The number of aliphatic hydroxyl groups is 1. The summed E-state index contributed by atoms with van der Waals surface area (Å²) in [4.78, 5) is 24.2. The number of carbonyl (C=O) groups excluding carboxylic acids is 1. The van der Waals surface area contributed by atoms with Gasteiger partial charge in [0, 0.05) is 29.7 Å². The lowest BCUT2D eigenvalue weighted by Gasteiger charge is -2.24. The van der Waals surface area contributed by atoms with E-state index in [0.29, 0.717) is 16.9 Å². The van der Waals surface area contributed by atoms with Gasteiger partial charge in [0.2, 0.25) is 0 Å². The van der Waals surface area contributed by atoms with Gasteiger partial charge < -0.3 is 24.1 Å². The van der Waals surface area contributed by atoms with Gasteiger partial charge in [0.05, 0.1) is 5.60 Å². The molecule has 0 saturated heterocycles. The summed E-state index contributed by atoms with van der Waals surface area (Å²) in [7, 11) is 0. The molecule has 0 bridgehead atoms. The number of rotatable bonds is 4. The number of fused-ring (bicyclic) bond motifs is 2. The van der Waals surface area contributed by atoms with E-state index in [4.69, 9.17) is 13.9 Å². The molecule has 3 rings (SSSR count). The minimum Gasteiger partial charge on any atom is -0.507 e. The molecule has 0 unspecified atom stereocenters. The Morgan fingerprint density at radius 2 is 2.11 bits per heavy atom. The number of aromatic hydroxyl groups is 1. The first-order valence-corrected chi connectivity index (χ1v) is 8.62. The fourth-order valence-corrected chi connectivity index (χ4v) is 2.89. The molecule has 1 aromatic heterocycles. The zero-order valence-corrected chi connectivity index (χ0v) is 15.7. The molecule has 1 aliphatic rings. The van der Waals surface area contributed by atoms with Crippen molar-refractivity contribution in [2.45, 2.75) is 52.4 Å². The first-order chi connectivity index (χ1) is 12.6. The minimum absolute atomic E-state index is 0.0356. The maximum absolute atomic E-state index is 12.5. The Labute approximate surface area is 155 Å². The number of phenols is 1. The number of ether oxygens (including phenoxy) is 2. The molecule has 1 atom stereocenters. The fraction of sp³-hybridized carbons (Fsp3) is 0.400. The molecule has 2 aromatic rings. The number of allylic oxidation sites excluding steroid dienone is 1. The van der Waals surface area contributed by atoms with E-state index >= 15 is 0 Å². The average Bonchev–Trinajstić information content (AvgIpc) is 3.03. The van der Waals surface area contributed by atoms with Gasteiger partial charge in [-0.3, -0.25) is 4.79 Å². The highest BCUT2D eigenvalue weighted by Gasteiger charge is 2.37. The van der Waals surface area contributed by atoms with Crippen LogP contribution in [0.2, 0.25) is 0 Å². The molecule has 0 radical (unpaired) electrons. The summed E-state index contributed by atoms with van der Waals surface area (Å²) in [5, 5.41) is 20.7. The van der Waals surface area contributed by atoms with Crippen LogP contribution in [-0.4, -0.2) is 27.9 Å². The highest BCUT2D eigenvalue weighted by molar-refractivity contribution is 5.88. The van der Waals surface area contributed by atoms with Crippen LogP contribution in [0.4, 0.5) is 0 Å². The molecule has 1 aliphatic heterocycles. The number of phenolic OH excluding ortho intramolecular Hbond substituents is 1. The molecule has 7 nitrogen and oxygen atoms in total. The summed E-state index contributed by atoms with van der Waals surface area (Å²) in [6.45, 7) is 6.36. The van der Waals surface area contributed by atoms with E-state index in [2.05, 4.69) is 0 Å². The van der Waals surface area contributed by atoms with Gasteiger partial charge in [0.1, 0.15) is 40.9 Å². The zero-order valence-electron chi connectivity index (χ0n) is 15.7. The predicted molar refractivity (Wildman–Crippen MR) is 97.8 cm³/mol. The molecule has 2 N–H and O–H groups in total. The number of carbonyl (C=O) groups is 1. The van der Waals surface area contributed by atoms with Gasteiger partial charge >= 0.3 is 5.97 Å². The van der Waals surface area contributed by atoms with Crippen molar-refractivity contribution in [2.24, 2.45) is 0 Å². The fourth-order valence-electron chi connectivity index (χ4n) is 2.89. The van der Waals surface area contributed by atoms with Crippen LogP contribution in [0.3, 0.4) is 0 Å². The van der Waals surface area contributed by atoms with Gasteiger partial charge in [0.25, 0.3) is 0 Å². The summed E-state index contributed by atoms with van der Waals surface area (Å²) in [5.74, 6) is -0.208. The van der Waals surface area contributed by atoms with Gasteiger partial charge in [-0.05, 0) is 27.7 Å². The second-order valence-corrected chi connectivity index (χ2v) is 7.16.